The van der Waals surface area contributed by atoms with Crippen molar-refractivity contribution < 1.29 is 18.0 Å². The number of fused-ring (bicyclic) bond motifs is 1. The number of nitrogens with zero attached hydrogens (tertiary/aromatic N) is 4. The summed E-state index contributed by atoms with van der Waals surface area (Å²) in [7, 11) is 0. The van der Waals surface area contributed by atoms with Gasteiger partial charge in [0.2, 0.25) is 5.91 Å². The molecule has 29 heavy (non-hydrogen) atoms. The molecule has 0 aliphatic carbocycles. The maximum Gasteiger partial charge on any atom is 0.417 e. The lowest BCUT2D eigenvalue weighted by Crippen LogP contribution is -2.40. The summed E-state index contributed by atoms with van der Waals surface area (Å²) in [6.07, 6.45) is -2.37. The van der Waals surface area contributed by atoms with Crippen LogP contribution in [0.15, 0.2) is 11.4 Å². The molecule has 3 aromatic rings. The lowest BCUT2D eigenvalue weighted by Gasteiger charge is -2.35. The lowest BCUT2D eigenvalue weighted by molar-refractivity contribution is -0.136. The number of piperidine rings is 1. The van der Waals surface area contributed by atoms with Crippen LogP contribution < -0.4 is 5.73 Å². The molecule has 0 saturated carbocycles. The number of thiazole rings is 1. The quantitative estimate of drug-likeness (QED) is 0.669. The molecule has 154 valence electrons. The summed E-state index contributed by atoms with van der Waals surface area (Å²) >= 11 is 1.46. The molecule has 1 aliphatic heterocycles. The Balaban J connectivity index is 1.71. The zero-order chi connectivity index (χ0) is 20.8. The van der Waals surface area contributed by atoms with Gasteiger partial charge >= 0.3 is 6.18 Å². The second kappa shape index (κ2) is 7.29. The van der Waals surface area contributed by atoms with Crippen molar-refractivity contribution in [3.63, 3.8) is 0 Å². The van der Waals surface area contributed by atoms with Gasteiger partial charge in [-0.2, -0.15) is 18.3 Å². The molecule has 0 unspecified atom stereocenters. The molecule has 1 amide bonds. The highest BCUT2D eigenvalue weighted by atomic mass is 32.1. The number of rotatable bonds is 3. The van der Waals surface area contributed by atoms with Gasteiger partial charge in [-0.3, -0.25) is 9.89 Å². The average molecular weight is 424 g/mol. The number of halogens is 3. The van der Waals surface area contributed by atoms with Gasteiger partial charge in [-0.05, 0) is 32.3 Å². The highest BCUT2D eigenvalue weighted by Gasteiger charge is 2.37. The Morgan fingerprint density at radius 2 is 2.17 bits per heavy atom. The van der Waals surface area contributed by atoms with Crippen LogP contribution in [0.5, 0.6) is 0 Å². The molecule has 7 nitrogen and oxygen atoms in total. The van der Waals surface area contributed by atoms with Gasteiger partial charge in [0.15, 0.2) is 5.65 Å². The van der Waals surface area contributed by atoms with Crippen LogP contribution in [-0.2, 0) is 17.4 Å². The SMILES string of the molecule is Cc1nc(CC(=O)N2CCCC[C@H]2c2cc(C(F)(F)F)c3c(N)[nH]nc3n2)cs1. The van der Waals surface area contributed by atoms with E-state index in [2.05, 4.69) is 20.2 Å². The van der Waals surface area contributed by atoms with Crippen LogP contribution >= 0.6 is 11.3 Å². The van der Waals surface area contributed by atoms with Crippen LogP contribution in [0.25, 0.3) is 11.0 Å². The van der Waals surface area contributed by atoms with Gasteiger partial charge in [-0.15, -0.1) is 11.3 Å². The number of nitrogens with two attached hydrogens (primary N) is 1. The van der Waals surface area contributed by atoms with Crippen LogP contribution in [0, 0.1) is 6.92 Å². The Kier molecular flexibility index (Phi) is 4.93. The zero-order valence-corrected chi connectivity index (χ0v) is 16.4. The van der Waals surface area contributed by atoms with Crippen LogP contribution in [0.1, 0.15) is 47.3 Å². The number of hydrogen-bond donors (Lipinski definition) is 2. The van der Waals surface area contributed by atoms with Gasteiger partial charge < -0.3 is 10.6 Å². The number of anilines is 1. The van der Waals surface area contributed by atoms with E-state index in [9.17, 15) is 18.0 Å². The molecule has 4 rings (SSSR count). The van der Waals surface area contributed by atoms with Gasteiger partial charge in [0.1, 0.15) is 5.82 Å². The molecule has 3 N–H and O–H groups in total. The topological polar surface area (TPSA) is 101 Å². The highest BCUT2D eigenvalue weighted by molar-refractivity contribution is 7.09. The second-order valence-corrected chi connectivity index (χ2v) is 8.12. The largest absolute Gasteiger partial charge is 0.417 e. The third-order valence-electron chi connectivity index (χ3n) is 5.04. The Morgan fingerprint density at radius 3 is 2.86 bits per heavy atom. The van der Waals surface area contributed by atoms with Gasteiger partial charge in [-0.25, -0.2) is 9.97 Å². The predicted octanol–water partition coefficient (Wildman–Crippen LogP) is 3.62. The summed E-state index contributed by atoms with van der Waals surface area (Å²) in [4.78, 5) is 23.1. The molecule has 1 saturated heterocycles. The third-order valence-corrected chi connectivity index (χ3v) is 5.86. The number of aryl methyl sites for hydroxylation is 1. The van der Waals surface area contributed by atoms with E-state index < -0.39 is 17.8 Å². The summed E-state index contributed by atoms with van der Waals surface area (Å²) in [5, 5.41) is 8.62. The maximum absolute atomic E-state index is 13.7. The number of carbonyl (C=O) groups excluding carboxylic acids is 1. The van der Waals surface area contributed by atoms with Crippen molar-refractivity contribution in [2.24, 2.45) is 0 Å². The summed E-state index contributed by atoms with van der Waals surface area (Å²) in [6.45, 7) is 2.33. The van der Waals surface area contributed by atoms with Crippen LogP contribution in [0.2, 0.25) is 0 Å². The Bertz CT molecular complexity index is 1060. The van der Waals surface area contributed by atoms with E-state index in [1.165, 1.54) is 11.3 Å². The average Bonchev–Trinajstić information content (AvgIpc) is 3.25. The van der Waals surface area contributed by atoms with Gasteiger partial charge in [0, 0.05) is 11.9 Å². The lowest BCUT2D eigenvalue weighted by atomic mass is 9.96. The fourth-order valence-electron chi connectivity index (χ4n) is 3.74. The standard InChI is InChI=1S/C18H19F3N6OS/c1-9-23-10(8-29-9)6-14(28)27-5-3-2-4-13(27)12-7-11(18(19,20)21)15-16(22)25-26-17(15)24-12/h7-8,13H,2-6H2,1H3,(H3,22,24,25,26)/t13-/m0/s1. The Hall–Kier alpha value is -2.69. The fourth-order valence-corrected chi connectivity index (χ4v) is 4.36. The number of alkyl halides is 3. The van der Waals surface area contributed by atoms with Crippen molar-refractivity contribution in [3.05, 3.63) is 33.4 Å². The number of hydrogen-bond acceptors (Lipinski definition) is 6. The molecule has 0 bridgehead atoms. The van der Waals surface area contributed by atoms with E-state index in [-0.39, 0.29) is 34.9 Å². The Morgan fingerprint density at radius 1 is 1.38 bits per heavy atom. The van der Waals surface area contributed by atoms with Crippen molar-refractivity contribution in [1.82, 2.24) is 25.1 Å². The van der Waals surface area contributed by atoms with E-state index in [1.807, 2.05) is 12.3 Å². The molecule has 1 atom stereocenters. The molecule has 0 aromatic carbocycles. The van der Waals surface area contributed by atoms with Crippen molar-refractivity contribution in [2.45, 2.75) is 44.8 Å². The second-order valence-electron chi connectivity index (χ2n) is 7.06. The predicted molar refractivity (Wildman–Crippen MR) is 102 cm³/mol. The first-order valence-corrected chi connectivity index (χ1v) is 10.0. The monoisotopic (exact) mass is 424 g/mol. The van der Waals surface area contributed by atoms with E-state index in [0.29, 0.717) is 18.7 Å². The highest BCUT2D eigenvalue weighted by Crippen LogP contribution is 2.39. The molecule has 3 aromatic heterocycles. The number of pyridine rings is 1. The van der Waals surface area contributed by atoms with E-state index in [1.54, 1.807) is 4.90 Å². The summed E-state index contributed by atoms with van der Waals surface area (Å²) in [6, 6.07) is 0.455. The number of nitrogen functional groups attached to an aromatic ring is 1. The van der Waals surface area contributed by atoms with E-state index in [4.69, 9.17) is 5.73 Å². The minimum Gasteiger partial charge on any atom is -0.383 e. The number of amides is 1. The smallest absolute Gasteiger partial charge is 0.383 e. The Labute approximate surface area is 168 Å². The third kappa shape index (κ3) is 3.78. The zero-order valence-electron chi connectivity index (χ0n) is 15.6. The minimum absolute atomic E-state index is 0.0968. The van der Waals surface area contributed by atoms with Crippen molar-refractivity contribution in [2.75, 3.05) is 12.3 Å². The molecular formula is C18H19F3N6OS. The first-order valence-electron chi connectivity index (χ1n) is 9.16. The first-order chi connectivity index (χ1) is 13.7. The fraction of sp³-hybridized carbons (Fsp3) is 0.444. The van der Waals surface area contributed by atoms with Crippen LogP contribution in [-0.4, -0.2) is 37.5 Å². The van der Waals surface area contributed by atoms with Crippen molar-refractivity contribution in [3.8, 4) is 0 Å². The van der Waals surface area contributed by atoms with Crippen molar-refractivity contribution >= 4 is 34.1 Å². The molecule has 11 heteroatoms. The first kappa shape index (κ1) is 19.6. The molecule has 1 aliphatic rings. The minimum atomic E-state index is -4.62. The molecule has 1 fully saturated rings. The number of likely N-dealkylation sites (tertiary alicyclic amines) is 1. The number of aromatic amines is 1. The van der Waals surface area contributed by atoms with Gasteiger partial charge in [-0.1, -0.05) is 0 Å². The number of aromatic nitrogens is 4. The van der Waals surface area contributed by atoms with E-state index in [0.717, 1.165) is 23.9 Å². The summed E-state index contributed by atoms with van der Waals surface area (Å²) in [5.41, 5.74) is 5.50. The molecule has 0 radical (unpaired) electrons. The normalized spacial score (nSPS) is 17.8. The molecule has 0 spiro atoms. The molecular weight excluding hydrogens is 405 g/mol. The van der Waals surface area contributed by atoms with Crippen LogP contribution in [0.3, 0.4) is 0 Å². The number of carbonyl (C=O) groups is 1. The van der Waals surface area contributed by atoms with Gasteiger partial charge in [0.25, 0.3) is 0 Å². The number of H-pyrrole nitrogens is 1. The summed E-state index contributed by atoms with van der Waals surface area (Å²) < 4.78 is 41.0. The van der Waals surface area contributed by atoms with E-state index >= 15 is 0 Å². The maximum atomic E-state index is 13.7. The van der Waals surface area contributed by atoms with Gasteiger partial charge in [0.05, 0.1) is 39.8 Å². The number of nitrogens with one attached hydrogen (secondary N) is 1. The summed E-state index contributed by atoms with van der Waals surface area (Å²) in [5.74, 6) is -0.348. The van der Waals surface area contributed by atoms with Crippen LogP contribution in [0.4, 0.5) is 19.0 Å². The van der Waals surface area contributed by atoms with Crippen molar-refractivity contribution in [1.29, 1.82) is 0 Å². The molecule has 4 heterocycles.